The maximum atomic E-state index is 12.8. The van der Waals surface area contributed by atoms with Crippen molar-refractivity contribution in [2.75, 3.05) is 20.3 Å². The molecule has 0 heterocycles. The van der Waals surface area contributed by atoms with E-state index >= 15 is 0 Å². The zero-order chi connectivity index (χ0) is 15.0. The molecule has 0 unspecified atom stereocenters. The number of carbonyl (C=O) groups is 2. The lowest BCUT2D eigenvalue weighted by Gasteiger charge is -2.06. The van der Waals surface area contributed by atoms with E-state index in [0.717, 1.165) is 0 Å². The lowest BCUT2D eigenvalue weighted by molar-refractivity contribution is -0.147. The normalized spacial score (nSPS) is 10.2. The highest BCUT2D eigenvalue weighted by Gasteiger charge is 2.12. The summed E-state index contributed by atoms with van der Waals surface area (Å²) >= 11 is 3.08. The van der Waals surface area contributed by atoms with Crippen LogP contribution in [0.2, 0.25) is 0 Å². The molecule has 0 radical (unpaired) electrons. The van der Waals surface area contributed by atoms with Gasteiger partial charge in [0.25, 0.3) is 0 Å². The van der Waals surface area contributed by atoms with Gasteiger partial charge in [0, 0.05) is 7.11 Å². The van der Waals surface area contributed by atoms with Crippen LogP contribution in [0.5, 0.6) is 5.75 Å². The van der Waals surface area contributed by atoms with Crippen molar-refractivity contribution in [2.24, 2.45) is 0 Å². The molecule has 110 valence electrons. The van der Waals surface area contributed by atoms with E-state index < -0.39 is 17.8 Å². The largest absolute Gasteiger partial charge is 0.463 e. The second kappa shape index (κ2) is 8.65. The van der Waals surface area contributed by atoms with Crippen molar-refractivity contribution in [3.63, 3.8) is 0 Å². The fourth-order valence-electron chi connectivity index (χ4n) is 1.25. The lowest BCUT2D eigenvalue weighted by Crippen LogP contribution is -2.14. The van der Waals surface area contributed by atoms with Gasteiger partial charge in [-0.2, -0.15) is 0 Å². The average molecular weight is 349 g/mol. The van der Waals surface area contributed by atoms with E-state index in [2.05, 4.69) is 15.9 Å². The molecular formula is C13H14BrFO5. The Hall–Kier alpha value is -1.47. The zero-order valence-corrected chi connectivity index (χ0v) is 12.4. The van der Waals surface area contributed by atoms with Crippen molar-refractivity contribution in [2.45, 2.75) is 12.8 Å². The molecule has 0 spiro atoms. The number of esters is 2. The molecule has 0 aliphatic rings. The van der Waals surface area contributed by atoms with Gasteiger partial charge < -0.3 is 14.2 Å². The Kier molecular flexibility index (Phi) is 7.17. The van der Waals surface area contributed by atoms with E-state index in [1.165, 1.54) is 25.3 Å². The van der Waals surface area contributed by atoms with Gasteiger partial charge in [0.15, 0.2) is 0 Å². The first-order valence-electron chi connectivity index (χ1n) is 5.83. The van der Waals surface area contributed by atoms with Crippen molar-refractivity contribution in [1.29, 1.82) is 0 Å². The summed E-state index contributed by atoms with van der Waals surface area (Å²) in [5, 5.41) is 0. The summed E-state index contributed by atoms with van der Waals surface area (Å²) in [6.45, 7) is 0.451. The minimum atomic E-state index is -0.596. The van der Waals surface area contributed by atoms with Crippen LogP contribution >= 0.6 is 15.9 Å². The van der Waals surface area contributed by atoms with E-state index in [1.54, 1.807) is 0 Å². The number of rotatable bonds is 7. The molecule has 0 saturated carbocycles. The third-order valence-corrected chi connectivity index (χ3v) is 2.82. The van der Waals surface area contributed by atoms with Gasteiger partial charge in [0.05, 0.1) is 23.9 Å². The van der Waals surface area contributed by atoms with Gasteiger partial charge in [0.2, 0.25) is 0 Å². The fraction of sp³-hybridized carbons (Fsp3) is 0.385. The first-order valence-corrected chi connectivity index (χ1v) is 6.62. The molecule has 0 saturated heterocycles. The van der Waals surface area contributed by atoms with Crippen molar-refractivity contribution in [1.82, 2.24) is 0 Å². The molecule has 1 aromatic carbocycles. The number of carbonyl (C=O) groups excluding carboxylic acids is 2. The molecule has 1 rings (SSSR count). The monoisotopic (exact) mass is 348 g/mol. The van der Waals surface area contributed by atoms with E-state index in [1.807, 2.05) is 0 Å². The van der Waals surface area contributed by atoms with Crippen molar-refractivity contribution in [3.05, 3.63) is 28.5 Å². The van der Waals surface area contributed by atoms with Crippen LogP contribution in [0.25, 0.3) is 0 Å². The topological polar surface area (TPSA) is 61.8 Å². The standard InChI is InChI=1S/C13H14BrFO5/c1-18-6-7-19-12(16)4-5-13(17)20-11-3-2-9(15)8-10(11)14/h2-3,8H,4-7H2,1H3. The molecular weight excluding hydrogens is 335 g/mol. The average Bonchev–Trinajstić information content (AvgIpc) is 2.40. The summed E-state index contributed by atoms with van der Waals surface area (Å²) in [5.41, 5.74) is 0. The van der Waals surface area contributed by atoms with E-state index in [0.29, 0.717) is 11.1 Å². The highest BCUT2D eigenvalue weighted by molar-refractivity contribution is 9.10. The molecule has 0 fully saturated rings. The molecule has 0 aliphatic carbocycles. The van der Waals surface area contributed by atoms with Gasteiger partial charge in [0.1, 0.15) is 18.2 Å². The summed E-state index contributed by atoms with van der Waals surface area (Å²) in [5.74, 6) is -1.35. The predicted octanol–water partition coefficient (Wildman–Crippen LogP) is 2.46. The van der Waals surface area contributed by atoms with Crippen LogP contribution in [0.4, 0.5) is 4.39 Å². The maximum absolute atomic E-state index is 12.8. The van der Waals surface area contributed by atoms with Crippen LogP contribution in [-0.4, -0.2) is 32.3 Å². The molecule has 20 heavy (non-hydrogen) atoms. The van der Waals surface area contributed by atoms with Crippen LogP contribution in [0, 0.1) is 5.82 Å². The number of ether oxygens (including phenoxy) is 3. The maximum Gasteiger partial charge on any atom is 0.311 e. The summed E-state index contributed by atoms with van der Waals surface area (Å²) in [4.78, 5) is 22.8. The molecule has 7 heteroatoms. The molecule has 0 bridgehead atoms. The van der Waals surface area contributed by atoms with E-state index in [9.17, 15) is 14.0 Å². The second-order valence-corrected chi connectivity index (χ2v) is 4.62. The Balaban J connectivity index is 2.34. The number of benzene rings is 1. The van der Waals surface area contributed by atoms with Crippen LogP contribution in [0.15, 0.2) is 22.7 Å². The zero-order valence-electron chi connectivity index (χ0n) is 10.9. The Morgan fingerprint density at radius 2 is 1.90 bits per heavy atom. The third kappa shape index (κ3) is 6.12. The number of hydrogen-bond donors (Lipinski definition) is 0. The minimum Gasteiger partial charge on any atom is -0.463 e. The van der Waals surface area contributed by atoms with Gasteiger partial charge in [-0.25, -0.2) is 4.39 Å². The van der Waals surface area contributed by atoms with Crippen LogP contribution in [0.1, 0.15) is 12.8 Å². The Morgan fingerprint density at radius 1 is 1.20 bits per heavy atom. The Labute approximate surface area is 124 Å². The second-order valence-electron chi connectivity index (χ2n) is 3.76. The van der Waals surface area contributed by atoms with Crippen molar-refractivity contribution >= 4 is 27.9 Å². The van der Waals surface area contributed by atoms with Gasteiger partial charge in [-0.1, -0.05) is 0 Å². The molecule has 0 atom stereocenters. The SMILES string of the molecule is COCCOC(=O)CCC(=O)Oc1ccc(F)cc1Br. The van der Waals surface area contributed by atoms with Crippen molar-refractivity contribution in [3.8, 4) is 5.75 Å². The van der Waals surface area contributed by atoms with Gasteiger partial charge in [-0.05, 0) is 34.1 Å². The number of halogens is 2. The predicted molar refractivity (Wildman–Crippen MR) is 71.8 cm³/mol. The van der Waals surface area contributed by atoms with E-state index in [4.69, 9.17) is 14.2 Å². The number of methoxy groups -OCH3 is 1. The highest BCUT2D eigenvalue weighted by atomic mass is 79.9. The summed E-state index contributed by atoms with van der Waals surface area (Å²) < 4.78 is 27.7. The Morgan fingerprint density at radius 3 is 2.55 bits per heavy atom. The van der Waals surface area contributed by atoms with Crippen LogP contribution in [-0.2, 0) is 19.1 Å². The third-order valence-electron chi connectivity index (χ3n) is 2.20. The molecule has 0 N–H and O–H groups in total. The Bertz CT molecular complexity index is 478. The van der Waals surface area contributed by atoms with Gasteiger partial charge in [-0.15, -0.1) is 0 Å². The first kappa shape index (κ1) is 16.6. The first-order chi connectivity index (χ1) is 9.52. The molecule has 1 aromatic rings. The molecule has 0 aromatic heterocycles. The van der Waals surface area contributed by atoms with Gasteiger partial charge in [-0.3, -0.25) is 9.59 Å². The number of hydrogen-bond acceptors (Lipinski definition) is 5. The fourth-order valence-corrected chi connectivity index (χ4v) is 1.68. The van der Waals surface area contributed by atoms with Crippen molar-refractivity contribution < 1.29 is 28.2 Å². The summed E-state index contributed by atoms with van der Waals surface area (Å²) in [7, 11) is 1.49. The minimum absolute atomic E-state index is 0.0820. The van der Waals surface area contributed by atoms with Crippen LogP contribution < -0.4 is 4.74 Å². The molecule has 0 aliphatic heterocycles. The molecule has 5 nitrogen and oxygen atoms in total. The summed E-state index contributed by atoms with van der Waals surface area (Å²) in [6.07, 6.45) is -0.197. The quantitative estimate of drug-likeness (QED) is 0.430. The lowest BCUT2D eigenvalue weighted by atomic mass is 10.3. The highest BCUT2D eigenvalue weighted by Crippen LogP contribution is 2.25. The van der Waals surface area contributed by atoms with E-state index in [-0.39, 0.29) is 25.2 Å². The van der Waals surface area contributed by atoms with Crippen LogP contribution in [0.3, 0.4) is 0 Å². The molecule has 0 amide bonds. The smallest absolute Gasteiger partial charge is 0.311 e. The summed E-state index contributed by atoms with van der Waals surface area (Å²) in [6, 6.07) is 3.68. The van der Waals surface area contributed by atoms with Gasteiger partial charge >= 0.3 is 11.9 Å².